The van der Waals surface area contributed by atoms with Crippen molar-refractivity contribution in [3.63, 3.8) is 0 Å². The number of aryl methyl sites for hydroxylation is 1. The summed E-state index contributed by atoms with van der Waals surface area (Å²) in [6, 6.07) is 8.32. The van der Waals surface area contributed by atoms with Crippen LogP contribution in [0.5, 0.6) is 11.5 Å². The van der Waals surface area contributed by atoms with Crippen molar-refractivity contribution in [3.8, 4) is 11.5 Å². The minimum absolute atomic E-state index is 0.0126. The predicted molar refractivity (Wildman–Crippen MR) is 143 cm³/mol. The van der Waals surface area contributed by atoms with Gasteiger partial charge in [-0.15, -0.1) is 0 Å². The number of hydrogen-bond donors (Lipinski definition) is 4. The summed E-state index contributed by atoms with van der Waals surface area (Å²) < 4.78 is 9.97. The van der Waals surface area contributed by atoms with Gasteiger partial charge in [0, 0.05) is 13.0 Å². The summed E-state index contributed by atoms with van der Waals surface area (Å²) in [5, 5.41) is 24.8. The molecule has 0 radical (unpaired) electrons. The van der Waals surface area contributed by atoms with Crippen LogP contribution in [0, 0.1) is 6.92 Å². The van der Waals surface area contributed by atoms with E-state index in [1.165, 1.54) is 36.3 Å². The van der Waals surface area contributed by atoms with Crippen LogP contribution in [0.4, 0.5) is 4.79 Å². The summed E-state index contributed by atoms with van der Waals surface area (Å²) in [4.78, 5) is 53.0. The number of nitrogens with one attached hydrogen (secondary N) is 2. The number of rotatable bonds is 10. The number of phenols is 2. The van der Waals surface area contributed by atoms with E-state index < -0.39 is 48.1 Å². The second-order valence-corrected chi connectivity index (χ2v) is 9.94. The lowest BCUT2D eigenvalue weighted by molar-refractivity contribution is -0.144. The molecule has 2 aromatic carbocycles. The predicted octanol–water partition coefficient (Wildman–Crippen LogP) is 2.72. The number of amides is 3. The van der Waals surface area contributed by atoms with Gasteiger partial charge in [-0.2, -0.15) is 0 Å². The number of hydrogen-bond acceptors (Lipinski definition) is 8. The summed E-state index contributed by atoms with van der Waals surface area (Å²) in [5.74, 6) is -1.85. The van der Waals surface area contributed by atoms with Crippen LogP contribution >= 0.6 is 0 Å². The Morgan fingerprint density at radius 3 is 2.21 bits per heavy atom. The highest BCUT2D eigenvalue weighted by atomic mass is 16.6. The molecule has 0 spiro atoms. The summed E-state index contributed by atoms with van der Waals surface area (Å²) in [6.07, 6.45) is -0.775. The average Bonchev–Trinajstić information content (AvgIpc) is 2.86. The van der Waals surface area contributed by atoms with Gasteiger partial charge < -0.3 is 35.2 Å². The van der Waals surface area contributed by atoms with Crippen LogP contribution in [-0.2, 0) is 30.3 Å². The normalized spacial score (nSPS) is 12.6. The lowest BCUT2D eigenvalue weighted by atomic mass is 9.99. The molecule has 0 saturated carbocycles. The summed E-state index contributed by atoms with van der Waals surface area (Å²) in [7, 11) is 1.19. The van der Waals surface area contributed by atoms with Crippen molar-refractivity contribution in [2.75, 3.05) is 20.2 Å². The second kappa shape index (κ2) is 13.5. The molecule has 3 amide bonds. The minimum atomic E-state index is -1.20. The number of alkyl carbamates (subject to hydrolysis) is 1. The van der Waals surface area contributed by atoms with Crippen molar-refractivity contribution < 1.29 is 38.9 Å². The number of methoxy groups -OCH3 is 1. The molecule has 11 nitrogen and oxygen atoms in total. The molecule has 4 N–H and O–H groups in total. The zero-order valence-electron chi connectivity index (χ0n) is 23.1. The first-order valence-corrected chi connectivity index (χ1v) is 12.5. The first-order valence-electron chi connectivity index (χ1n) is 12.5. The van der Waals surface area contributed by atoms with E-state index >= 15 is 0 Å². The molecular formula is C28H37N3O8. The Morgan fingerprint density at radius 1 is 1.03 bits per heavy atom. The molecule has 0 aliphatic rings. The van der Waals surface area contributed by atoms with E-state index in [2.05, 4.69) is 15.4 Å². The third-order valence-electron chi connectivity index (χ3n) is 5.72. The molecule has 212 valence electrons. The van der Waals surface area contributed by atoms with Crippen LogP contribution in [0.15, 0.2) is 42.5 Å². The van der Waals surface area contributed by atoms with Crippen molar-refractivity contribution in [2.24, 2.45) is 0 Å². The standard InChI is InChI=1S/C28H37N3O8/c1-7-31(24(25(35)29-16-23(34)38-6)19-10-13-22(33)17(2)14-19)26(36)21(30-27(37)39-28(3,4)5)15-18-8-11-20(32)12-9-18/h8-14,21,24,32-33H,7,15-16H2,1-6H3,(H,29,35)(H,30,37). The monoisotopic (exact) mass is 543 g/mol. The smallest absolute Gasteiger partial charge is 0.408 e. The lowest BCUT2D eigenvalue weighted by Gasteiger charge is -2.34. The van der Waals surface area contributed by atoms with Crippen LogP contribution in [0.2, 0.25) is 0 Å². The van der Waals surface area contributed by atoms with Gasteiger partial charge in [0.05, 0.1) is 7.11 Å². The Hall–Kier alpha value is -4.28. The van der Waals surface area contributed by atoms with E-state index in [1.54, 1.807) is 52.8 Å². The average molecular weight is 544 g/mol. The van der Waals surface area contributed by atoms with E-state index in [4.69, 9.17) is 4.74 Å². The lowest BCUT2D eigenvalue weighted by Crippen LogP contribution is -2.54. The van der Waals surface area contributed by atoms with Gasteiger partial charge >= 0.3 is 12.1 Å². The maximum absolute atomic E-state index is 14.0. The number of esters is 1. The van der Waals surface area contributed by atoms with Crippen LogP contribution in [0.25, 0.3) is 0 Å². The fourth-order valence-corrected chi connectivity index (χ4v) is 3.83. The van der Waals surface area contributed by atoms with Gasteiger partial charge in [0.2, 0.25) is 11.8 Å². The molecule has 0 fully saturated rings. The Labute approximate surface area is 228 Å². The molecule has 2 rings (SSSR count). The van der Waals surface area contributed by atoms with Crippen molar-refractivity contribution in [2.45, 2.75) is 58.7 Å². The van der Waals surface area contributed by atoms with E-state index in [-0.39, 0.29) is 24.5 Å². The molecule has 0 heterocycles. The van der Waals surface area contributed by atoms with Crippen LogP contribution in [0.3, 0.4) is 0 Å². The van der Waals surface area contributed by atoms with E-state index in [1.807, 2.05) is 0 Å². The minimum Gasteiger partial charge on any atom is -0.508 e. The van der Waals surface area contributed by atoms with Crippen molar-refractivity contribution in [3.05, 3.63) is 59.2 Å². The number of benzene rings is 2. The molecule has 11 heteroatoms. The van der Waals surface area contributed by atoms with Gasteiger partial charge in [-0.05, 0) is 75.6 Å². The third-order valence-corrected chi connectivity index (χ3v) is 5.72. The van der Waals surface area contributed by atoms with E-state index in [9.17, 15) is 29.4 Å². The molecule has 0 aliphatic heterocycles. The number of carbonyl (C=O) groups excluding carboxylic acids is 4. The fourth-order valence-electron chi connectivity index (χ4n) is 3.83. The quantitative estimate of drug-likeness (QED) is 0.334. The molecular weight excluding hydrogens is 506 g/mol. The Balaban J connectivity index is 2.50. The topological polar surface area (TPSA) is 154 Å². The van der Waals surface area contributed by atoms with Crippen LogP contribution in [-0.4, -0.2) is 70.8 Å². The zero-order valence-corrected chi connectivity index (χ0v) is 23.1. The van der Waals surface area contributed by atoms with Gasteiger partial charge in [0.15, 0.2) is 0 Å². The number of phenolic OH excluding ortho intramolecular Hbond substituents is 2. The first kappa shape index (κ1) is 30.9. The molecule has 2 aromatic rings. The van der Waals surface area contributed by atoms with Crippen LogP contribution < -0.4 is 10.6 Å². The first-order chi connectivity index (χ1) is 18.2. The number of ether oxygens (including phenoxy) is 2. The van der Waals surface area contributed by atoms with E-state index in [0.29, 0.717) is 16.7 Å². The summed E-state index contributed by atoms with van der Waals surface area (Å²) in [5.41, 5.74) is 0.698. The third kappa shape index (κ3) is 9.20. The summed E-state index contributed by atoms with van der Waals surface area (Å²) in [6.45, 7) is 8.05. The molecule has 0 bridgehead atoms. The molecule has 0 aromatic heterocycles. The molecule has 2 unspecified atom stereocenters. The maximum atomic E-state index is 14.0. The Bertz CT molecular complexity index is 1170. The molecule has 39 heavy (non-hydrogen) atoms. The van der Waals surface area contributed by atoms with Crippen molar-refractivity contribution in [1.82, 2.24) is 15.5 Å². The van der Waals surface area contributed by atoms with Crippen molar-refractivity contribution >= 4 is 23.9 Å². The van der Waals surface area contributed by atoms with Gasteiger partial charge in [-0.25, -0.2) is 4.79 Å². The highest BCUT2D eigenvalue weighted by Crippen LogP contribution is 2.27. The Kier molecular flexibility index (Phi) is 10.7. The molecule has 0 aliphatic carbocycles. The largest absolute Gasteiger partial charge is 0.508 e. The number of likely N-dealkylation sites (N-methyl/N-ethyl adjacent to an activating group) is 1. The number of nitrogens with zero attached hydrogens (tertiary/aromatic N) is 1. The highest BCUT2D eigenvalue weighted by molar-refractivity contribution is 5.93. The SMILES string of the molecule is CCN(C(=O)C(Cc1ccc(O)cc1)NC(=O)OC(C)(C)C)C(C(=O)NCC(=O)OC)c1ccc(O)c(C)c1. The van der Waals surface area contributed by atoms with Crippen molar-refractivity contribution in [1.29, 1.82) is 0 Å². The number of aromatic hydroxyl groups is 2. The van der Waals surface area contributed by atoms with Crippen LogP contribution in [0.1, 0.15) is 50.4 Å². The highest BCUT2D eigenvalue weighted by Gasteiger charge is 2.36. The Morgan fingerprint density at radius 2 is 1.67 bits per heavy atom. The second-order valence-electron chi connectivity index (χ2n) is 9.94. The van der Waals surface area contributed by atoms with Gasteiger partial charge in [-0.1, -0.05) is 18.2 Å². The maximum Gasteiger partial charge on any atom is 0.408 e. The zero-order chi connectivity index (χ0) is 29.3. The van der Waals surface area contributed by atoms with E-state index in [0.717, 1.165) is 0 Å². The molecule has 2 atom stereocenters. The summed E-state index contributed by atoms with van der Waals surface area (Å²) >= 11 is 0. The van der Waals surface area contributed by atoms with Gasteiger partial charge in [0.1, 0.15) is 35.7 Å². The fraction of sp³-hybridized carbons (Fsp3) is 0.429. The molecule has 0 saturated heterocycles. The van der Waals surface area contributed by atoms with Gasteiger partial charge in [0.25, 0.3) is 0 Å². The number of carbonyl (C=O) groups is 4. The van der Waals surface area contributed by atoms with Gasteiger partial charge in [-0.3, -0.25) is 14.4 Å².